The Labute approximate surface area is 140 Å². The summed E-state index contributed by atoms with van der Waals surface area (Å²) < 4.78 is 15.8. The minimum Gasteiger partial charge on any atom is -0.490 e. The minimum absolute atomic E-state index is 0.00673. The second-order valence-electron chi connectivity index (χ2n) is 6.40. The Morgan fingerprint density at radius 3 is 2.71 bits per heavy atom. The molecule has 1 amide bonds. The van der Waals surface area contributed by atoms with Gasteiger partial charge in [-0.25, -0.2) is 0 Å². The molecule has 1 aromatic heterocycles. The van der Waals surface area contributed by atoms with Crippen molar-refractivity contribution in [3.05, 3.63) is 28.3 Å². The van der Waals surface area contributed by atoms with Crippen LogP contribution in [0.15, 0.2) is 21.5 Å². The zero-order valence-electron chi connectivity index (χ0n) is 14.0. The number of carbonyl (C=O) groups is 1. The van der Waals surface area contributed by atoms with Gasteiger partial charge < -0.3 is 23.9 Å². The van der Waals surface area contributed by atoms with E-state index in [0.717, 1.165) is 12.3 Å². The molecule has 2 unspecified atom stereocenters. The van der Waals surface area contributed by atoms with Crippen LogP contribution in [0.25, 0.3) is 0 Å². The molecule has 2 fully saturated rings. The quantitative estimate of drug-likeness (QED) is 0.883. The number of aliphatic hydroxyl groups excluding tert-OH is 1. The van der Waals surface area contributed by atoms with Crippen molar-refractivity contribution in [2.75, 3.05) is 26.8 Å². The van der Waals surface area contributed by atoms with Crippen LogP contribution in [-0.4, -0.2) is 54.9 Å². The molecule has 1 N–H and O–H groups in total. The highest BCUT2D eigenvalue weighted by Gasteiger charge is 2.56. The molecule has 24 heavy (non-hydrogen) atoms. The van der Waals surface area contributed by atoms with Gasteiger partial charge in [0.15, 0.2) is 5.76 Å². The average Bonchev–Trinajstić information content (AvgIpc) is 2.61. The number of hydrogen-bond acceptors (Lipinski definition) is 6. The van der Waals surface area contributed by atoms with Crippen LogP contribution in [0.5, 0.6) is 5.75 Å². The van der Waals surface area contributed by atoms with Gasteiger partial charge in [-0.05, 0) is 19.8 Å². The topological polar surface area (TPSA) is 89.2 Å². The highest BCUT2D eigenvalue weighted by atomic mass is 16.5. The summed E-state index contributed by atoms with van der Waals surface area (Å²) in [7, 11) is 1.37. The van der Waals surface area contributed by atoms with E-state index in [9.17, 15) is 14.7 Å². The Hall–Kier alpha value is -1.86. The maximum atomic E-state index is 12.5. The number of carbonyl (C=O) groups excluding carboxylic acids is 1. The Morgan fingerprint density at radius 1 is 1.46 bits per heavy atom. The zero-order chi connectivity index (χ0) is 17.3. The van der Waals surface area contributed by atoms with Crippen LogP contribution in [0.4, 0.5) is 0 Å². The lowest BCUT2D eigenvalue weighted by atomic mass is 9.58. The van der Waals surface area contributed by atoms with E-state index < -0.39 is 0 Å². The third kappa shape index (κ3) is 2.71. The fraction of sp³-hybridized carbons (Fsp3) is 0.647. The number of methoxy groups -OCH3 is 1. The summed E-state index contributed by atoms with van der Waals surface area (Å²) in [5.74, 6) is -0.236. The Kier molecular flexibility index (Phi) is 4.64. The Balaban J connectivity index is 1.67. The molecule has 7 nitrogen and oxygen atoms in total. The van der Waals surface area contributed by atoms with E-state index in [1.54, 1.807) is 4.90 Å². The van der Waals surface area contributed by atoms with E-state index in [1.807, 2.05) is 6.92 Å². The van der Waals surface area contributed by atoms with Gasteiger partial charge in [-0.1, -0.05) is 0 Å². The zero-order valence-corrected chi connectivity index (χ0v) is 14.0. The average molecular weight is 337 g/mol. The van der Waals surface area contributed by atoms with Crippen molar-refractivity contribution < 1.29 is 23.8 Å². The smallest absolute Gasteiger partial charge is 0.289 e. The normalized spacial score (nSPS) is 25.4. The van der Waals surface area contributed by atoms with Crippen LogP contribution in [0, 0.1) is 5.41 Å². The molecule has 1 aliphatic carbocycles. The van der Waals surface area contributed by atoms with Crippen LogP contribution in [0.1, 0.15) is 36.7 Å². The predicted octanol–water partition coefficient (Wildman–Crippen LogP) is 1.04. The third-order valence-electron chi connectivity index (χ3n) is 5.32. The van der Waals surface area contributed by atoms with E-state index >= 15 is 0 Å². The van der Waals surface area contributed by atoms with E-state index in [-0.39, 0.29) is 40.5 Å². The highest BCUT2D eigenvalue weighted by Crippen LogP contribution is 2.51. The number of aliphatic hydroxyl groups is 1. The number of ether oxygens (including phenoxy) is 2. The van der Waals surface area contributed by atoms with Gasteiger partial charge in [0.05, 0.1) is 19.3 Å². The Morgan fingerprint density at radius 2 is 2.17 bits per heavy atom. The summed E-state index contributed by atoms with van der Waals surface area (Å²) in [6, 6.07) is 1.16. The molecule has 7 heteroatoms. The van der Waals surface area contributed by atoms with Gasteiger partial charge in [0.1, 0.15) is 6.26 Å². The highest BCUT2D eigenvalue weighted by molar-refractivity contribution is 5.91. The lowest BCUT2D eigenvalue weighted by molar-refractivity contribution is -0.207. The second kappa shape index (κ2) is 6.57. The summed E-state index contributed by atoms with van der Waals surface area (Å²) in [5, 5.41) is 10.2. The van der Waals surface area contributed by atoms with Crippen LogP contribution >= 0.6 is 0 Å². The molecule has 1 saturated carbocycles. The maximum Gasteiger partial charge on any atom is 0.289 e. The van der Waals surface area contributed by atoms with Crippen molar-refractivity contribution in [3.63, 3.8) is 0 Å². The summed E-state index contributed by atoms with van der Waals surface area (Å²) in [5.41, 5.74) is -0.625. The first-order valence-electron chi connectivity index (χ1n) is 8.27. The van der Waals surface area contributed by atoms with E-state index in [0.29, 0.717) is 39.0 Å². The fourth-order valence-electron chi connectivity index (χ4n) is 3.76. The molecule has 2 aliphatic rings. The lowest BCUT2D eigenvalue weighted by Crippen LogP contribution is -2.62. The molecule has 1 spiro atoms. The molecule has 0 radical (unpaired) electrons. The standard InChI is InChI=1S/C17H23NO6/c1-3-23-15-9-14(20)17(15)4-6-18(7-5-17)16(21)12-8-11(19)13(22-2)10-24-12/h8,10,14-15,20H,3-7,9H2,1-2H3. The predicted molar refractivity (Wildman–Crippen MR) is 85.1 cm³/mol. The van der Waals surface area contributed by atoms with Gasteiger partial charge in [-0.15, -0.1) is 0 Å². The van der Waals surface area contributed by atoms with Crippen molar-refractivity contribution in [1.82, 2.24) is 4.90 Å². The molecule has 3 rings (SSSR count). The van der Waals surface area contributed by atoms with Gasteiger partial charge in [0.25, 0.3) is 5.91 Å². The maximum absolute atomic E-state index is 12.5. The summed E-state index contributed by atoms with van der Waals surface area (Å²) >= 11 is 0. The van der Waals surface area contributed by atoms with Crippen LogP contribution in [-0.2, 0) is 4.74 Å². The number of hydrogen-bond donors (Lipinski definition) is 1. The SMILES string of the molecule is CCOC1CC(O)C12CCN(C(=O)c1cc(=O)c(OC)co1)CC2. The van der Waals surface area contributed by atoms with Crippen molar-refractivity contribution in [2.24, 2.45) is 5.41 Å². The monoisotopic (exact) mass is 337 g/mol. The summed E-state index contributed by atoms with van der Waals surface area (Å²) in [6.07, 6.45) is 2.88. The first-order chi connectivity index (χ1) is 11.5. The molecular weight excluding hydrogens is 314 g/mol. The van der Waals surface area contributed by atoms with E-state index in [2.05, 4.69) is 0 Å². The molecule has 1 aliphatic heterocycles. The first-order valence-corrected chi connectivity index (χ1v) is 8.27. The van der Waals surface area contributed by atoms with E-state index in [4.69, 9.17) is 13.9 Å². The van der Waals surface area contributed by atoms with Gasteiger partial charge in [-0.2, -0.15) is 0 Å². The minimum atomic E-state index is -0.383. The fourth-order valence-corrected chi connectivity index (χ4v) is 3.76. The van der Waals surface area contributed by atoms with E-state index in [1.165, 1.54) is 7.11 Å². The summed E-state index contributed by atoms with van der Waals surface area (Å²) in [4.78, 5) is 25.9. The number of amides is 1. The van der Waals surface area contributed by atoms with Gasteiger partial charge in [-0.3, -0.25) is 9.59 Å². The van der Waals surface area contributed by atoms with Crippen LogP contribution in [0.2, 0.25) is 0 Å². The van der Waals surface area contributed by atoms with Crippen molar-refractivity contribution >= 4 is 5.91 Å². The largest absolute Gasteiger partial charge is 0.490 e. The molecular formula is C17H23NO6. The molecule has 1 aromatic rings. The third-order valence-corrected chi connectivity index (χ3v) is 5.32. The summed E-state index contributed by atoms with van der Waals surface area (Å²) in [6.45, 7) is 3.59. The molecule has 0 bridgehead atoms. The number of likely N-dealkylation sites (tertiary alicyclic amines) is 1. The van der Waals surface area contributed by atoms with Gasteiger partial charge in [0.2, 0.25) is 11.2 Å². The number of rotatable bonds is 4. The molecule has 0 aromatic carbocycles. The van der Waals surface area contributed by atoms with Crippen molar-refractivity contribution in [3.8, 4) is 5.75 Å². The molecule has 2 heterocycles. The lowest BCUT2D eigenvalue weighted by Gasteiger charge is -2.56. The van der Waals surface area contributed by atoms with Crippen molar-refractivity contribution in [2.45, 2.75) is 38.4 Å². The van der Waals surface area contributed by atoms with Gasteiger partial charge >= 0.3 is 0 Å². The van der Waals surface area contributed by atoms with Crippen molar-refractivity contribution in [1.29, 1.82) is 0 Å². The first kappa shape index (κ1) is 17.0. The molecule has 132 valence electrons. The Bertz CT molecular complexity index is 659. The number of piperidine rings is 1. The molecule has 2 atom stereocenters. The second-order valence-corrected chi connectivity index (χ2v) is 6.40. The molecule has 1 saturated heterocycles. The van der Waals surface area contributed by atoms with Crippen LogP contribution in [0.3, 0.4) is 0 Å². The van der Waals surface area contributed by atoms with Gasteiger partial charge in [0, 0.05) is 37.6 Å². The van der Waals surface area contributed by atoms with Crippen LogP contribution < -0.4 is 10.2 Å². The number of nitrogens with zero attached hydrogens (tertiary/aromatic N) is 1.